The van der Waals surface area contributed by atoms with Crippen LogP contribution in [0, 0.1) is 12.3 Å². The average Bonchev–Trinajstić information content (AvgIpc) is 2.31. The molecule has 0 fully saturated rings. The van der Waals surface area contributed by atoms with E-state index in [4.69, 9.17) is 15.6 Å². The molecule has 0 saturated carbocycles. The third kappa shape index (κ3) is 2.58. The van der Waals surface area contributed by atoms with Crippen molar-refractivity contribution < 1.29 is 4.42 Å². The number of thioether (sulfide) groups is 1. The summed E-state index contributed by atoms with van der Waals surface area (Å²) in [7, 11) is 0. The van der Waals surface area contributed by atoms with E-state index in [-0.39, 0.29) is 5.84 Å². The van der Waals surface area contributed by atoms with Gasteiger partial charge in [-0.25, -0.2) is 0 Å². The fourth-order valence-electron chi connectivity index (χ4n) is 0.476. The Bertz CT molecular complexity index is 259. The molecule has 1 aromatic heterocycles. The fraction of sp³-hybridized carbons (Fsp3) is 0.400. The van der Waals surface area contributed by atoms with Crippen molar-refractivity contribution in [2.45, 2.75) is 12.1 Å². The van der Waals surface area contributed by atoms with Gasteiger partial charge in [0.25, 0.3) is 5.22 Å². The third-order valence-corrected chi connectivity index (χ3v) is 1.73. The molecule has 0 aliphatic rings. The number of rotatable bonds is 3. The number of nitrogens with two attached hydrogens (primary N) is 1. The van der Waals surface area contributed by atoms with Gasteiger partial charge >= 0.3 is 0 Å². The van der Waals surface area contributed by atoms with Gasteiger partial charge in [-0.1, -0.05) is 11.8 Å². The molecule has 11 heavy (non-hydrogen) atoms. The first-order valence-electron chi connectivity index (χ1n) is 2.94. The molecule has 0 amide bonds. The Hall–Kier alpha value is -1.04. The van der Waals surface area contributed by atoms with E-state index in [1.165, 1.54) is 11.8 Å². The average molecular weight is 172 g/mol. The molecule has 0 aliphatic heterocycles. The summed E-state index contributed by atoms with van der Waals surface area (Å²) in [6, 6.07) is 0. The van der Waals surface area contributed by atoms with E-state index < -0.39 is 0 Å². The molecule has 0 aromatic carbocycles. The molecule has 60 valence electrons. The fourth-order valence-corrected chi connectivity index (χ4v) is 1.03. The van der Waals surface area contributed by atoms with Crippen LogP contribution in [-0.2, 0) is 0 Å². The Kier molecular flexibility index (Phi) is 2.48. The number of aryl methyl sites for hydroxylation is 1. The maximum absolute atomic E-state index is 6.92. The second-order valence-corrected chi connectivity index (χ2v) is 2.83. The van der Waals surface area contributed by atoms with Gasteiger partial charge < -0.3 is 10.2 Å². The van der Waals surface area contributed by atoms with Crippen molar-refractivity contribution in [1.82, 2.24) is 10.2 Å². The highest BCUT2D eigenvalue weighted by atomic mass is 32.2. The van der Waals surface area contributed by atoms with E-state index in [1.807, 2.05) is 0 Å². The van der Waals surface area contributed by atoms with Crippen molar-refractivity contribution in [2.75, 3.05) is 5.75 Å². The van der Waals surface area contributed by atoms with Crippen LogP contribution in [0.1, 0.15) is 5.89 Å². The van der Waals surface area contributed by atoms with Crippen LogP contribution in [-0.4, -0.2) is 21.8 Å². The molecule has 0 atom stereocenters. The van der Waals surface area contributed by atoms with Crippen LogP contribution in [0.4, 0.5) is 0 Å². The smallest absolute Gasteiger partial charge is 0.277 e. The van der Waals surface area contributed by atoms with E-state index >= 15 is 0 Å². The molecule has 6 heteroatoms. The zero-order valence-corrected chi connectivity index (χ0v) is 6.81. The predicted molar refractivity (Wildman–Crippen MR) is 41.7 cm³/mol. The monoisotopic (exact) mass is 172 g/mol. The molecule has 3 N–H and O–H groups in total. The summed E-state index contributed by atoms with van der Waals surface area (Å²) in [5.74, 6) is 1.02. The maximum Gasteiger partial charge on any atom is 0.277 e. The number of aromatic nitrogens is 2. The molecule has 1 aromatic rings. The van der Waals surface area contributed by atoms with Crippen molar-refractivity contribution in [3.63, 3.8) is 0 Å². The number of nitrogens with zero attached hydrogens (tertiary/aromatic N) is 2. The normalized spacial score (nSPS) is 9.91. The minimum absolute atomic E-state index is 0.103. The van der Waals surface area contributed by atoms with E-state index in [0.717, 1.165) is 0 Å². The van der Waals surface area contributed by atoms with Crippen molar-refractivity contribution in [2.24, 2.45) is 5.73 Å². The summed E-state index contributed by atoms with van der Waals surface area (Å²) in [6.45, 7) is 1.71. The molecule has 0 saturated heterocycles. The minimum Gasteiger partial charge on any atom is -0.416 e. The lowest BCUT2D eigenvalue weighted by Crippen LogP contribution is -2.11. The minimum atomic E-state index is 0.103. The Balaban J connectivity index is 2.45. The molecule has 1 rings (SSSR count). The standard InChI is InChI=1S/C5H8N4OS/c1-3-8-9-5(10-3)11-2-4(6)7/h2H2,1H3,(H3,6,7). The van der Waals surface area contributed by atoms with Crippen molar-refractivity contribution in [3.05, 3.63) is 5.89 Å². The van der Waals surface area contributed by atoms with Gasteiger partial charge in [-0.3, -0.25) is 5.41 Å². The molecule has 0 unspecified atom stereocenters. The Morgan fingerprint density at radius 2 is 2.45 bits per heavy atom. The highest BCUT2D eigenvalue weighted by molar-refractivity contribution is 7.99. The van der Waals surface area contributed by atoms with E-state index in [0.29, 0.717) is 16.9 Å². The zero-order chi connectivity index (χ0) is 8.27. The molecule has 0 spiro atoms. The SMILES string of the molecule is Cc1nnc(SCC(=N)N)o1. The van der Waals surface area contributed by atoms with E-state index in [1.54, 1.807) is 6.92 Å². The maximum atomic E-state index is 6.92. The van der Waals surface area contributed by atoms with Crippen LogP contribution < -0.4 is 5.73 Å². The molecule has 0 radical (unpaired) electrons. The second kappa shape index (κ2) is 3.38. The lowest BCUT2D eigenvalue weighted by molar-refractivity contribution is 0.429. The molecule has 0 bridgehead atoms. The number of hydrogen-bond donors (Lipinski definition) is 2. The van der Waals surface area contributed by atoms with E-state index in [2.05, 4.69) is 10.2 Å². The lowest BCUT2D eigenvalue weighted by Gasteiger charge is -1.90. The topological polar surface area (TPSA) is 88.8 Å². The van der Waals surface area contributed by atoms with Crippen LogP contribution in [0.15, 0.2) is 9.64 Å². The van der Waals surface area contributed by atoms with Crippen LogP contribution >= 0.6 is 11.8 Å². The quantitative estimate of drug-likeness (QED) is 0.391. The van der Waals surface area contributed by atoms with Gasteiger partial charge in [-0.15, -0.1) is 10.2 Å². The lowest BCUT2D eigenvalue weighted by atomic mass is 10.7. The van der Waals surface area contributed by atoms with Gasteiger partial charge in [-0.2, -0.15) is 0 Å². The Morgan fingerprint density at radius 3 is 2.91 bits per heavy atom. The van der Waals surface area contributed by atoms with E-state index in [9.17, 15) is 0 Å². The Morgan fingerprint density at radius 1 is 1.73 bits per heavy atom. The number of amidine groups is 1. The van der Waals surface area contributed by atoms with Gasteiger partial charge in [0.05, 0.1) is 5.75 Å². The summed E-state index contributed by atoms with van der Waals surface area (Å²) >= 11 is 1.26. The first-order valence-corrected chi connectivity index (χ1v) is 3.93. The summed E-state index contributed by atoms with van der Waals surface area (Å²) in [5.41, 5.74) is 5.12. The van der Waals surface area contributed by atoms with Crippen LogP contribution in [0.25, 0.3) is 0 Å². The van der Waals surface area contributed by atoms with Gasteiger partial charge in [0, 0.05) is 6.92 Å². The first kappa shape index (κ1) is 8.06. The number of nitrogens with one attached hydrogen (secondary N) is 1. The Labute approximate surface area is 67.9 Å². The summed E-state index contributed by atoms with van der Waals surface area (Å²) in [5, 5.41) is 14.7. The van der Waals surface area contributed by atoms with Gasteiger partial charge in [0.15, 0.2) is 0 Å². The highest BCUT2D eigenvalue weighted by Gasteiger charge is 2.02. The molecule has 0 aliphatic carbocycles. The highest BCUT2D eigenvalue weighted by Crippen LogP contribution is 2.14. The molecular formula is C5H8N4OS. The van der Waals surface area contributed by atoms with Crippen LogP contribution in [0.3, 0.4) is 0 Å². The number of hydrogen-bond acceptors (Lipinski definition) is 5. The molecular weight excluding hydrogens is 164 g/mol. The van der Waals surface area contributed by atoms with Crippen LogP contribution in [0.2, 0.25) is 0 Å². The summed E-state index contributed by atoms with van der Waals surface area (Å²) in [4.78, 5) is 0. The van der Waals surface area contributed by atoms with Crippen molar-refractivity contribution in [1.29, 1.82) is 5.41 Å². The summed E-state index contributed by atoms with van der Waals surface area (Å²) in [6.07, 6.45) is 0. The van der Waals surface area contributed by atoms with Crippen LogP contribution in [0.5, 0.6) is 0 Å². The van der Waals surface area contributed by atoms with Crippen molar-refractivity contribution in [3.8, 4) is 0 Å². The van der Waals surface area contributed by atoms with Gasteiger partial charge in [-0.05, 0) is 0 Å². The first-order chi connectivity index (χ1) is 5.18. The second-order valence-electron chi connectivity index (χ2n) is 1.90. The largest absolute Gasteiger partial charge is 0.416 e. The molecule has 1 heterocycles. The molecule has 5 nitrogen and oxygen atoms in total. The predicted octanol–water partition coefficient (Wildman–Crippen LogP) is 0.406. The van der Waals surface area contributed by atoms with Gasteiger partial charge in [0.2, 0.25) is 5.89 Å². The summed E-state index contributed by atoms with van der Waals surface area (Å²) < 4.78 is 5.02. The third-order valence-electron chi connectivity index (χ3n) is 0.859. The zero-order valence-electron chi connectivity index (χ0n) is 6.00. The van der Waals surface area contributed by atoms with Crippen molar-refractivity contribution >= 4 is 17.6 Å². The van der Waals surface area contributed by atoms with Gasteiger partial charge in [0.1, 0.15) is 5.84 Å².